The number of thioether (sulfide) groups is 1. The summed E-state index contributed by atoms with van der Waals surface area (Å²) in [4.78, 5) is 25.5. The van der Waals surface area contributed by atoms with Crippen molar-refractivity contribution >= 4 is 28.7 Å². The number of carbonyl (C=O) groups excluding carboxylic acids is 2. The Hall–Kier alpha value is -2.35. The van der Waals surface area contributed by atoms with Crippen LogP contribution in [0.25, 0.3) is 0 Å². The van der Waals surface area contributed by atoms with Gasteiger partial charge in [0.05, 0.1) is 18.9 Å². The molecule has 7 nitrogen and oxygen atoms in total. The monoisotopic (exact) mass is 335 g/mol. The number of anilines is 1. The van der Waals surface area contributed by atoms with E-state index < -0.39 is 0 Å². The van der Waals surface area contributed by atoms with Gasteiger partial charge in [-0.25, -0.2) is 0 Å². The van der Waals surface area contributed by atoms with Crippen molar-refractivity contribution in [3.05, 3.63) is 42.1 Å². The van der Waals surface area contributed by atoms with Crippen molar-refractivity contribution in [2.24, 2.45) is 5.92 Å². The normalized spacial score (nSPS) is 11.8. The van der Waals surface area contributed by atoms with Crippen LogP contribution in [0.4, 0.5) is 5.88 Å². The number of nitrogens with zero attached hydrogens (tertiary/aromatic N) is 3. The molecule has 0 spiro atoms. The highest BCUT2D eigenvalue weighted by molar-refractivity contribution is 8.14. The highest BCUT2D eigenvalue weighted by atomic mass is 32.2. The van der Waals surface area contributed by atoms with E-state index in [-0.39, 0.29) is 22.8 Å². The summed E-state index contributed by atoms with van der Waals surface area (Å²) in [5.41, 5.74) is 0.632. The van der Waals surface area contributed by atoms with E-state index in [2.05, 4.69) is 10.6 Å². The molecule has 0 saturated heterocycles. The molecule has 23 heavy (non-hydrogen) atoms. The number of hydrogen-bond donors (Lipinski definition) is 1. The minimum absolute atomic E-state index is 0.0460. The number of carbonyl (C=O) groups is 2. The first-order valence-electron chi connectivity index (χ1n) is 7.06. The second-order valence-electron chi connectivity index (χ2n) is 5.19. The maximum absolute atomic E-state index is 12.1. The van der Waals surface area contributed by atoms with Gasteiger partial charge in [0.25, 0.3) is 6.20 Å². The predicted molar refractivity (Wildman–Crippen MR) is 87.8 cm³/mol. The Morgan fingerprint density at radius 1 is 1.35 bits per heavy atom. The lowest BCUT2D eigenvalue weighted by atomic mass is 10.2. The third kappa shape index (κ3) is 4.82. The van der Waals surface area contributed by atoms with Gasteiger partial charge in [0, 0.05) is 17.2 Å². The molecule has 0 aliphatic heterocycles. The lowest BCUT2D eigenvalue weighted by Crippen LogP contribution is -2.53. The minimum Gasteiger partial charge on any atom is -0.289 e. The average Bonchev–Trinajstić information content (AvgIpc) is 3.01. The van der Waals surface area contributed by atoms with Crippen LogP contribution >= 0.6 is 11.8 Å². The summed E-state index contributed by atoms with van der Waals surface area (Å²) in [5, 5.41) is 8.02. The number of benzene rings is 1. The lowest BCUT2D eigenvalue weighted by molar-refractivity contribution is -0.753. The van der Waals surface area contributed by atoms with E-state index >= 15 is 0 Å². The van der Waals surface area contributed by atoms with Gasteiger partial charge in [0.1, 0.15) is 0 Å². The first-order chi connectivity index (χ1) is 11.0. The fraction of sp³-hybridized carbons (Fsp3) is 0.333. The third-order valence-corrected chi connectivity index (χ3v) is 4.20. The zero-order valence-corrected chi connectivity index (χ0v) is 14.0. The molecule has 0 saturated carbocycles. The van der Waals surface area contributed by atoms with Gasteiger partial charge in [0.15, 0.2) is 0 Å². The molecule has 2 aromatic rings. The van der Waals surface area contributed by atoms with Crippen LogP contribution in [0.15, 0.2) is 41.1 Å². The minimum atomic E-state index is -0.342. The molecule has 1 N–H and O–H groups in total. The zero-order chi connectivity index (χ0) is 16.8. The smallest absolute Gasteiger partial charge is 0.289 e. The Labute approximate surface area is 138 Å². The van der Waals surface area contributed by atoms with Gasteiger partial charge in [0.2, 0.25) is 16.3 Å². The van der Waals surface area contributed by atoms with E-state index in [4.69, 9.17) is 4.52 Å². The molecule has 1 heterocycles. The van der Waals surface area contributed by atoms with Crippen LogP contribution in [-0.2, 0) is 4.79 Å². The molecule has 1 amide bonds. The highest BCUT2D eigenvalue weighted by Crippen LogP contribution is 2.16. The molecule has 0 aliphatic rings. The summed E-state index contributed by atoms with van der Waals surface area (Å²) < 4.78 is 5.01. The van der Waals surface area contributed by atoms with Gasteiger partial charge >= 0.3 is 5.88 Å². The molecular weight excluding hydrogens is 316 g/mol. The van der Waals surface area contributed by atoms with E-state index in [1.807, 2.05) is 18.2 Å². The van der Waals surface area contributed by atoms with Crippen LogP contribution in [0.3, 0.4) is 0 Å². The molecule has 1 atom stereocenters. The van der Waals surface area contributed by atoms with Gasteiger partial charge in [-0.3, -0.25) is 19.4 Å². The topological polar surface area (TPSA) is 79.3 Å². The van der Waals surface area contributed by atoms with Crippen molar-refractivity contribution in [3.63, 3.8) is 0 Å². The SMILES string of the molecule is C[C@H](CSC(=O)c1ccccc1)C(=O)Nc1c[n+](N(C)C)no1. The van der Waals surface area contributed by atoms with Crippen molar-refractivity contribution in [3.8, 4) is 0 Å². The quantitative estimate of drug-likeness (QED) is 0.802. The molecular formula is C15H19N4O3S+. The Bertz CT molecular complexity index is 672. The van der Waals surface area contributed by atoms with Crippen LogP contribution in [0.1, 0.15) is 17.3 Å². The van der Waals surface area contributed by atoms with Crippen molar-refractivity contribution in [1.29, 1.82) is 0 Å². The Balaban J connectivity index is 1.84. The van der Waals surface area contributed by atoms with E-state index in [9.17, 15) is 9.59 Å². The first-order valence-corrected chi connectivity index (χ1v) is 8.05. The molecule has 8 heteroatoms. The lowest BCUT2D eigenvalue weighted by Gasteiger charge is -2.08. The number of nitrogens with one attached hydrogen (secondary N) is 1. The second-order valence-corrected chi connectivity index (χ2v) is 6.18. The maximum atomic E-state index is 12.1. The number of aromatic nitrogens is 2. The fourth-order valence-corrected chi connectivity index (χ4v) is 2.52. The fourth-order valence-electron chi connectivity index (χ4n) is 1.66. The van der Waals surface area contributed by atoms with E-state index in [1.54, 1.807) is 44.4 Å². The Morgan fingerprint density at radius 2 is 2.04 bits per heavy atom. The molecule has 0 unspecified atom stereocenters. The first kappa shape index (κ1) is 17.0. The Morgan fingerprint density at radius 3 is 2.65 bits per heavy atom. The van der Waals surface area contributed by atoms with Crippen LogP contribution in [0.5, 0.6) is 0 Å². The van der Waals surface area contributed by atoms with Gasteiger partial charge in [-0.2, -0.15) is 5.01 Å². The van der Waals surface area contributed by atoms with E-state index in [1.165, 1.54) is 4.79 Å². The standard InChI is InChI=1S/C15H18N4O3S/c1-11(10-23-15(21)12-7-5-4-6-8-12)14(20)16-13-9-19(17-22-13)18(2)3/h4-9,11H,10H2,1-3H3/p+1/t11-/m1/s1. The van der Waals surface area contributed by atoms with Crippen molar-refractivity contribution < 1.29 is 18.9 Å². The predicted octanol–water partition coefficient (Wildman–Crippen LogP) is 1.31. The van der Waals surface area contributed by atoms with Crippen LogP contribution in [0, 0.1) is 5.92 Å². The van der Waals surface area contributed by atoms with Crippen LogP contribution in [0.2, 0.25) is 0 Å². The van der Waals surface area contributed by atoms with Crippen molar-refractivity contribution in [2.45, 2.75) is 6.92 Å². The van der Waals surface area contributed by atoms with Crippen molar-refractivity contribution in [1.82, 2.24) is 5.27 Å². The number of hydrogen-bond acceptors (Lipinski definition) is 6. The summed E-state index contributed by atoms with van der Waals surface area (Å²) in [6.07, 6.45) is 1.56. The molecule has 0 fully saturated rings. The van der Waals surface area contributed by atoms with Gasteiger partial charge < -0.3 is 0 Å². The summed E-state index contributed by atoms with van der Waals surface area (Å²) in [5.74, 6) is 0.0856. The summed E-state index contributed by atoms with van der Waals surface area (Å²) >= 11 is 1.13. The summed E-state index contributed by atoms with van der Waals surface area (Å²) in [6, 6.07) is 9.00. The zero-order valence-electron chi connectivity index (χ0n) is 13.2. The molecule has 0 aliphatic carbocycles. The molecule has 122 valence electrons. The van der Waals surface area contributed by atoms with Gasteiger partial charge in [-0.1, -0.05) is 49.0 Å². The number of rotatable bonds is 6. The van der Waals surface area contributed by atoms with E-state index in [0.717, 1.165) is 11.8 Å². The average molecular weight is 335 g/mol. The van der Waals surface area contributed by atoms with Gasteiger partial charge in [-0.15, -0.1) is 0 Å². The molecule has 2 rings (SSSR count). The van der Waals surface area contributed by atoms with Crippen LogP contribution < -0.4 is 15.1 Å². The largest absolute Gasteiger partial charge is 0.305 e. The third-order valence-electron chi connectivity index (χ3n) is 3.03. The molecule has 1 aromatic heterocycles. The maximum Gasteiger partial charge on any atom is 0.305 e. The Kier molecular flexibility index (Phi) is 5.75. The van der Waals surface area contributed by atoms with E-state index in [0.29, 0.717) is 11.3 Å². The molecule has 1 aromatic carbocycles. The van der Waals surface area contributed by atoms with Crippen molar-refractivity contribution in [2.75, 3.05) is 30.2 Å². The summed E-state index contributed by atoms with van der Waals surface area (Å²) in [6.45, 7) is 1.76. The number of amides is 1. The molecule has 0 radical (unpaired) electrons. The summed E-state index contributed by atoms with van der Waals surface area (Å²) in [7, 11) is 3.59. The van der Waals surface area contributed by atoms with Gasteiger partial charge in [-0.05, 0) is 0 Å². The highest BCUT2D eigenvalue weighted by Gasteiger charge is 2.20. The van der Waals surface area contributed by atoms with Crippen LogP contribution in [-0.4, -0.2) is 36.1 Å². The second kappa shape index (κ2) is 7.77. The molecule has 0 bridgehead atoms.